The number of nitrogens with two attached hydrogens (primary N) is 1. The summed E-state index contributed by atoms with van der Waals surface area (Å²) in [6.07, 6.45) is 5.51. The van der Waals surface area contributed by atoms with Gasteiger partial charge in [-0.2, -0.15) is 0 Å². The van der Waals surface area contributed by atoms with E-state index >= 15 is 0 Å². The van der Waals surface area contributed by atoms with Gasteiger partial charge in [-0.05, 0) is 55.1 Å². The largest absolute Gasteiger partial charge is 0.327 e. The molecule has 0 radical (unpaired) electrons. The lowest BCUT2D eigenvalue weighted by molar-refractivity contribution is 0.172. The maximum absolute atomic E-state index is 13.6. The Morgan fingerprint density at radius 1 is 1.28 bits per heavy atom. The Kier molecular flexibility index (Phi) is 4.06. The van der Waals surface area contributed by atoms with E-state index in [1.807, 2.05) is 12.1 Å². The first-order valence-electron chi connectivity index (χ1n) is 6.97. The number of hydrogen-bond acceptors (Lipinski definition) is 1. The van der Waals surface area contributed by atoms with Gasteiger partial charge in [-0.3, -0.25) is 0 Å². The minimum absolute atomic E-state index is 0.0954. The summed E-state index contributed by atoms with van der Waals surface area (Å²) in [5.74, 6) is 0.432. The van der Waals surface area contributed by atoms with Crippen molar-refractivity contribution in [2.24, 2.45) is 17.1 Å². The van der Waals surface area contributed by atoms with Crippen LogP contribution in [-0.2, 0) is 6.42 Å². The highest BCUT2D eigenvalue weighted by atomic mass is 19.1. The molecule has 1 saturated carbocycles. The van der Waals surface area contributed by atoms with Crippen LogP contribution in [0, 0.1) is 17.2 Å². The molecule has 1 nitrogen and oxygen atoms in total. The van der Waals surface area contributed by atoms with Crippen LogP contribution in [0.15, 0.2) is 24.3 Å². The molecule has 1 fully saturated rings. The number of rotatable bonds is 3. The molecule has 1 aromatic carbocycles. The minimum Gasteiger partial charge on any atom is -0.327 e. The van der Waals surface area contributed by atoms with Gasteiger partial charge in [-0.25, -0.2) is 4.39 Å². The second-order valence-corrected chi connectivity index (χ2v) is 6.46. The lowest BCUT2D eigenvalue weighted by Gasteiger charge is -2.36. The minimum atomic E-state index is -0.121. The molecule has 0 aromatic heterocycles. The first-order chi connectivity index (χ1) is 8.48. The standard InChI is InChI=1S/C16H24FN/c1-16(2)9-7-12(8-10-16)15(18)11-13-5-3-4-6-14(13)17/h3-6,12,15H,7-11,18H2,1-2H3. The lowest BCUT2D eigenvalue weighted by atomic mass is 9.70. The summed E-state index contributed by atoms with van der Waals surface area (Å²) in [6.45, 7) is 4.65. The summed E-state index contributed by atoms with van der Waals surface area (Å²) in [4.78, 5) is 0. The van der Waals surface area contributed by atoms with E-state index in [1.165, 1.54) is 31.7 Å². The van der Waals surface area contributed by atoms with Crippen LogP contribution in [0.25, 0.3) is 0 Å². The van der Waals surface area contributed by atoms with Crippen LogP contribution in [0.3, 0.4) is 0 Å². The molecule has 0 aliphatic heterocycles. The Balaban J connectivity index is 1.93. The highest BCUT2D eigenvalue weighted by Crippen LogP contribution is 2.39. The van der Waals surface area contributed by atoms with Crippen LogP contribution < -0.4 is 5.73 Å². The van der Waals surface area contributed by atoms with Crippen molar-refractivity contribution >= 4 is 0 Å². The number of benzene rings is 1. The fourth-order valence-electron chi connectivity index (χ4n) is 2.93. The first-order valence-corrected chi connectivity index (χ1v) is 6.97. The molecule has 1 aliphatic carbocycles. The summed E-state index contributed by atoms with van der Waals surface area (Å²) in [5, 5.41) is 0. The van der Waals surface area contributed by atoms with E-state index in [-0.39, 0.29) is 11.9 Å². The smallest absolute Gasteiger partial charge is 0.126 e. The van der Waals surface area contributed by atoms with Gasteiger partial charge < -0.3 is 5.73 Å². The quantitative estimate of drug-likeness (QED) is 0.863. The van der Waals surface area contributed by atoms with Gasteiger partial charge in [-0.1, -0.05) is 32.0 Å². The van der Waals surface area contributed by atoms with E-state index in [0.29, 0.717) is 17.8 Å². The van der Waals surface area contributed by atoms with E-state index in [9.17, 15) is 4.39 Å². The fraction of sp³-hybridized carbons (Fsp3) is 0.625. The maximum Gasteiger partial charge on any atom is 0.126 e. The van der Waals surface area contributed by atoms with Crippen molar-refractivity contribution in [1.82, 2.24) is 0 Å². The molecule has 0 amide bonds. The highest BCUT2D eigenvalue weighted by Gasteiger charge is 2.30. The molecule has 1 aromatic rings. The maximum atomic E-state index is 13.6. The zero-order valence-corrected chi connectivity index (χ0v) is 11.5. The van der Waals surface area contributed by atoms with Crippen LogP contribution in [0.5, 0.6) is 0 Å². The van der Waals surface area contributed by atoms with E-state index in [4.69, 9.17) is 5.73 Å². The molecule has 18 heavy (non-hydrogen) atoms. The van der Waals surface area contributed by atoms with E-state index in [0.717, 1.165) is 5.56 Å². The summed E-state index contributed by atoms with van der Waals surface area (Å²) >= 11 is 0. The summed E-state index contributed by atoms with van der Waals surface area (Å²) < 4.78 is 13.6. The zero-order chi connectivity index (χ0) is 13.2. The Morgan fingerprint density at radius 2 is 1.89 bits per heavy atom. The molecular formula is C16H24FN. The van der Waals surface area contributed by atoms with Crippen LogP contribution in [0.4, 0.5) is 4.39 Å². The van der Waals surface area contributed by atoms with Gasteiger partial charge in [-0.15, -0.1) is 0 Å². The molecule has 2 N–H and O–H groups in total. The molecular weight excluding hydrogens is 225 g/mol. The number of halogens is 1. The number of hydrogen-bond donors (Lipinski definition) is 1. The van der Waals surface area contributed by atoms with Gasteiger partial charge in [0.25, 0.3) is 0 Å². The van der Waals surface area contributed by atoms with Gasteiger partial charge in [0.05, 0.1) is 0 Å². The van der Waals surface area contributed by atoms with Crippen molar-refractivity contribution in [3.63, 3.8) is 0 Å². The van der Waals surface area contributed by atoms with E-state index in [2.05, 4.69) is 13.8 Å². The zero-order valence-electron chi connectivity index (χ0n) is 11.5. The average molecular weight is 249 g/mol. The molecule has 0 saturated heterocycles. The summed E-state index contributed by atoms with van der Waals surface area (Å²) in [5.41, 5.74) is 7.50. The lowest BCUT2D eigenvalue weighted by Crippen LogP contribution is -2.36. The first kappa shape index (κ1) is 13.5. The molecule has 0 spiro atoms. The Morgan fingerprint density at radius 3 is 2.50 bits per heavy atom. The van der Waals surface area contributed by atoms with Crippen molar-refractivity contribution in [2.75, 3.05) is 0 Å². The molecule has 1 unspecified atom stereocenters. The third-order valence-electron chi connectivity index (χ3n) is 4.40. The molecule has 0 heterocycles. The van der Waals surface area contributed by atoms with Gasteiger partial charge in [0, 0.05) is 6.04 Å². The Hall–Kier alpha value is -0.890. The Bertz CT molecular complexity index is 390. The predicted molar refractivity (Wildman–Crippen MR) is 73.8 cm³/mol. The van der Waals surface area contributed by atoms with E-state index < -0.39 is 0 Å². The van der Waals surface area contributed by atoms with Gasteiger partial charge in [0.15, 0.2) is 0 Å². The van der Waals surface area contributed by atoms with Crippen molar-refractivity contribution in [3.8, 4) is 0 Å². The Labute approximate surface area is 110 Å². The second kappa shape index (κ2) is 5.40. The van der Waals surface area contributed by atoms with Crippen LogP contribution >= 0.6 is 0 Å². The second-order valence-electron chi connectivity index (χ2n) is 6.46. The van der Waals surface area contributed by atoms with Crippen molar-refractivity contribution < 1.29 is 4.39 Å². The highest BCUT2D eigenvalue weighted by molar-refractivity contribution is 5.18. The van der Waals surface area contributed by atoms with Gasteiger partial charge in [0.1, 0.15) is 5.82 Å². The molecule has 1 atom stereocenters. The topological polar surface area (TPSA) is 26.0 Å². The normalized spacial score (nSPS) is 21.8. The van der Waals surface area contributed by atoms with Crippen molar-refractivity contribution in [3.05, 3.63) is 35.6 Å². The molecule has 2 heteroatoms. The van der Waals surface area contributed by atoms with Crippen LogP contribution in [0.1, 0.15) is 45.1 Å². The average Bonchev–Trinajstić information content (AvgIpc) is 2.32. The fourth-order valence-corrected chi connectivity index (χ4v) is 2.93. The monoisotopic (exact) mass is 249 g/mol. The van der Waals surface area contributed by atoms with Crippen LogP contribution in [0.2, 0.25) is 0 Å². The van der Waals surface area contributed by atoms with Gasteiger partial charge >= 0.3 is 0 Å². The van der Waals surface area contributed by atoms with Crippen molar-refractivity contribution in [2.45, 2.75) is 52.0 Å². The van der Waals surface area contributed by atoms with Crippen molar-refractivity contribution in [1.29, 1.82) is 0 Å². The predicted octanol–water partition coefficient (Wildman–Crippen LogP) is 3.91. The summed E-state index contributed by atoms with van der Waals surface area (Å²) in [6, 6.07) is 7.08. The molecule has 0 bridgehead atoms. The molecule has 100 valence electrons. The van der Waals surface area contributed by atoms with Crippen LogP contribution in [-0.4, -0.2) is 6.04 Å². The van der Waals surface area contributed by atoms with Gasteiger partial charge in [0.2, 0.25) is 0 Å². The summed E-state index contributed by atoms with van der Waals surface area (Å²) in [7, 11) is 0. The molecule has 2 rings (SSSR count). The molecule has 1 aliphatic rings. The third-order valence-corrected chi connectivity index (χ3v) is 4.40. The third kappa shape index (κ3) is 3.32. The van der Waals surface area contributed by atoms with E-state index in [1.54, 1.807) is 6.07 Å². The SMILES string of the molecule is CC1(C)CCC(C(N)Cc2ccccc2F)CC1.